The van der Waals surface area contributed by atoms with Crippen LogP contribution in [0.2, 0.25) is 0 Å². The minimum absolute atomic E-state index is 0.220. The third-order valence-corrected chi connectivity index (χ3v) is 2.18. The molecule has 2 aromatic rings. The van der Waals surface area contributed by atoms with Crippen molar-refractivity contribution in [3.05, 3.63) is 53.9 Å². The van der Waals surface area contributed by atoms with Crippen LogP contribution >= 0.6 is 0 Å². The molecule has 0 saturated heterocycles. The van der Waals surface area contributed by atoms with E-state index in [-0.39, 0.29) is 11.3 Å². The molecular weight excluding hydrogens is 223 g/mol. The summed E-state index contributed by atoms with van der Waals surface area (Å²) in [6, 6.07) is 4.10. The Morgan fingerprint density at radius 2 is 2.24 bits per heavy atom. The number of rotatable bonds is 3. The number of nitrogens with zero attached hydrogens (tertiary/aromatic N) is 2. The van der Waals surface area contributed by atoms with Crippen molar-refractivity contribution in [2.45, 2.75) is 0 Å². The van der Waals surface area contributed by atoms with Crippen molar-refractivity contribution in [1.29, 1.82) is 0 Å². The molecule has 0 bridgehead atoms. The average Bonchev–Trinajstić information content (AvgIpc) is 2.38. The summed E-state index contributed by atoms with van der Waals surface area (Å²) in [7, 11) is 1.46. The Morgan fingerprint density at radius 3 is 2.94 bits per heavy atom. The van der Waals surface area contributed by atoms with Gasteiger partial charge in [0.2, 0.25) is 5.78 Å². The van der Waals surface area contributed by atoms with Crippen LogP contribution in [0.25, 0.3) is 0 Å². The van der Waals surface area contributed by atoms with Gasteiger partial charge in [-0.1, -0.05) is 0 Å². The summed E-state index contributed by atoms with van der Waals surface area (Å²) in [4.78, 5) is 19.5. The lowest BCUT2D eigenvalue weighted by Crippen LogP contribution is -2.07. The van der Waals surface area contributed by atoms with Crippen LogP contribution in [0, 0.1) is 5.82 Å². The van der Waals surface area contributed by atoms with E-state index in [9.17, 15) is 9.18 Å². The number of pyridine rings is 2. The van der Waals surface area contributed by atoms with Crippen LogP contribution in [0.15, 0.2) is 36.8 Å². The molecule has 0 fully saturated rings. The van der Waals surface area contributed by atoms with E-state index in [0.717, 1.165) is 0 Å². The zero-order valence-electron chi connectivity index (χ0n) is 9.05. The Bertz CT molecular complexity index is 558. The van der Waals surface area contributed by atoms with Crippen LogP contribution in [0.3, 0.4) is 0 Å². The van der Waals surface area contributed by atoms with Gasteiger partial charge in [-0.15, -0.1) is 0 Å². The lowest BCUT2D eigenvalue weighted by Gasteiger charge is -2.03. The van der Waals surface area contributed by atoms with Crippen molar-refractivity contribution >= 4 is 5.78 Å². The van der Waals surface area contributed by atoms with Crippen molar-refractivity contribution < 1.29 is 13.9 Å². The molecule has 17 heavy (non-hydrogen) atoms. The van der Waals surface area contributed by atoms with Gasteiger partial charge in [0.05, 0.1) is 13.3 Å². The highest BCUT2D eigenvalue weighted by Crippen LogP contribution is 2.15. The molecule has 0 aliphatic carbocycles. The molecule has 86 valence electrons. The summed E-state index contributed by atoms with van der Waals surface area (Å²) >= 11 is 0. The number of hydrogen-bond donors (Lipinski definition) is 0. The number of hydrogen-bond acceptors (Lipinski definition) is 4. The van der Waals surface area contributed by atoms with E-state index in [1.54, 1.807) is 0 Å². The topological polar surface area (TPSA) is 52.1 Å². The molecule has 0 atom stereocenters. The van der Waals surface area contributed by atoms with E-state index in [2.05, 4.69) is 9.97 Å². The number of halogens is 1. The quantitative estimate of drug-likeness (QED) is 0.758. The Balaban J connectivity index is 2.40. The van der Waals surface area contributed by atoms with Crippen LogP contribution in [-0.4, -0.2) is 22.9 Å². The fourth-order valence-corrected chi connectivity index (χ4v) is 1.34. The maximum atomic E-state index is 13.4. The Morgan fingerprint density at radius 1 is 1.41 bits per heavy atom. The molecule has 2 rings (SSSR count). The molecule has 0 amide bonds. The van der Waals surface area contributed by atoms with Crippen LogP contribution in [-0.2, 0) is 0 Å². The maximum Gasteiger partial charge on any atom is 0.216 e. The predicted molar refractivity (Wildman–Crippen MR) is 58.4 cm³/mol. The molecule has 0 aromatic carbocycles. The number of carbonyl (C=O) groups is 1. The third-order valence-electron chi connectivity index (χ3n) is 2.18. The molecular formula is C12H9FN2O2. The SMILES string of the molecule is COc1cncc(C(=O)c2ncccc2F)c1. The van der Waals surface area contributed by atoms with Crippen molar-refractivity contribution in [2.24, 2.45) is 0 Å². The smallest absolute Gasteiger partial charge is 0.216 e. The van der Waals surface area contributed by atoms with Crippen molar-refractivity contribution in [3.8, 4) is 5.75 Å². The number of aromatic nitrogens is 2. The summed E-state index contributed by atoms with van der Waals surface area (Å²) in [6.45, 7) is 0. The van der Waals surface area contributed by atoms with E-state index in [1.807, 2.05) is 0 Å². The molecule has 2 heterocycles. The molecule has 0 N–H and O–H groups in total. The second-order valence-corrected chi connectivity index (χ2v) is 3.28. The minimum atomic E-state index is -0.652. The van der Waals surface area contributed by atoms with Gasteiger partial charge in [0, 0.05) is 18.0 Å². The van der Waals surface area contributed by atoms with Gasteiger partial charge in [0.25, 0.3) is 0 Å². The van der Waals surface area contributed by atoms with E-state index < -0.39 is 11.6 Å². The zero-order valence-corrected chi connectivity index (χ0v) is 9.05. The normalized spacial score (nSPS) is 10.0. The van der Waals surface area contributed by atoms with Crippen LogP contribution in [0.1, 0.15) is 16.1 Å². The lowest BCUT2D eigenvalue weighted by molar-refractivity contribution is 0.102. The van der Waals surface area contributed by atoms with Gasteiger partial charge in [-0.3, -0.25) is 9.78 Å². The van der Waals surface area contributed by atoms with Gasteiger partial charge in [0.15, 0.2) is 5.82 Å². The Kier molecular flexibility index (Phi) is 3.09. The van der Waals surface area contributed by atoms with Gasteiger partial charge < -0.3 is 4.74 Å². The second-order valence-electron chi connectivity index (χ2n) is 3.28. The molecule has 2 aromatic heterocycles. The Hall–Kier alpha value is -2.30. The van der Waals surface area contributed by atoms with Gasteiger partial charge >= 0.3 is 0 Å². The first-order valence-corrected chi connectivity index (χ1v) is 4.86. The second kappa shape index (κ2) is 4.69. The van der Waals surface area contributed by atoms with Gasteiger partial charge in [-0.2, -0.15) is 0 Å². The molecule has 0 unspecified atom stereocenters. The number of methoxy groups -OCH3 is 1. The predicted octanol–water partition coefficient (Wildman–Crippen LogP) is 1.86. The summed E-state index contributed by atoms with van der Waals surface area (Å²) in [5.41, 5.74) is 0.0181. The van der Waals surface area contributed by atoms with Crippen molar-refractivity contribution in [2.75, 3.05) is 7.11 Å². The van der Waals surface area contributed by atoms with E-state index in [1.165, 1.54) is 43.9 Å². The summed E-state index contributed by atoms with van der Waals surface area (Å²) in [5, 5.41) is 0. The summed E-state index contributed by atoms with van der Waals surface area (Å²) < 4.78 is 18.3. The summed E-state index contributed by atoms with van der Waals surface area (Å²) in [6.07, 6.45) is 4.18. The monoisotopic (exact) mass is 232 g/mol. The fraction of sp³-hybridized carbons (Fsp3) is 0.0833. The maximum absolute atomic E-state index is 13.4. The molecule has 0 radical (unpaired) electrons. The number of ether oxygens (including phenoxy) is 1. The number of ketones is 1. The molecule has 0 spiro atoms. The average molecular weight is 232 g/mol. The third kappa shape index (κ3) is 2.28. The van der Waals surface area contributed by atoms with E-state index >= 15 is 0 Å². The largest absolute Gasteiger partial charge is 0.495 e. The highest BCUT2D eigenvalue weighted by molar-refractivity contribution is 6.07. The van der Waals surface area contributed by atoms with Crippen LogP contribution in [0.5, 0.6) is 5.75 Å². The van der Waals surface area contributed by atoms with Gasteiger partial charge in [-0.25, -0.2) is 9.37 Å². The first-order valence-electron chi connectivity index (χ1n) is 4.86. The molecule has 4 nitrogen and oxygen atoms in total. The van der Waals surface area contributed by atoms with E-state index in [4.69, 9.17) is 4.74 Å². The van der Waals surface area contributed by atoms with Crippen molar-refractivity contribution in [1.82, 2.24) is 9.97 Å². The van der Waals surface area contributed by atoms with Crippen molar-refractivity contribution in [3.63, 3.8) is 0 Å². The van der Waals surface area contributed by atoms with Gasteiger partial charge in [0.1, 0.15) is 11.4 Å². The minimum Gasteiger partial charge on any atom is -0.495 e. The first kappa shape index (κ1) is 11.2. The first-order chi connectivity index (χ1) is 8.22. The molecule has 0 aliphatic heterocycles. The van der Waals surface area contributed by atoms with Gasteiger partial charge in [-0.05, 0) is 18.2 Å². The standard InChI is InChI=1S/C12H9FN2O2/c1-17-9-5-8(6-14-7-9)12(16)11-10(13)3-2-4-15-11/h2-7H,1H3. The zero-order chi connectivity index (χ0) is 12.3. The fourth-order valence-electron chi connectivity index (χ4n) is 1.34. The van der Waals surface area contributed by atoms with Crippen LogP contribution in [0.4, 0.5) is 4.39 Å². The van der Waals surface area contributed by atoms with E-state index in [0.29, 0.717) is 5.75 Å². The highest BCUT2D eigenvalue weighted by Gasteiger charge is 2.15. The lowest BCUT2D eigenvalue weighted by atomic mass is 10.1. The van der Waals surface area contributed by atoms with Crippen LogP contribution < -0.4 is 4.74 Å². The summed E-state index contributed by atoms with van der Waals surface area (Å²) in [5.74, 6) is -0.734. The number of carbonyl (C=O) groups excluding carboxylic acids is 1. The highest BCUT2D eigenvalue weighted by atomic mass is 19.1. The molecule has 5 heteroatoms. The molecule has 0 aliphatic rings. The Labute approximate surface area is 97.1 Å². The molecule has 0 saturated carbocycles.